The summed E-state index contributed by atoms with van der Waals surface area (Å²) in [5.74, 6) is 1.72. The highest BCUT2D eigenvalue weighted by molar-refractivity contribution is 9.13. The van der Waals surface area contributed by atoms with Gasteiger partial charge in [0.15, 0.2) is 0 Å². The van der Waals surface area contributed by atoms with Gasteiger partial charge in [-0.3, -0.25) is 0 Å². The Bertz CT molecular complexity index is 357. The van der Waals surface area contributed by atoms with Crippen LogP contribution in [0.15, 0.2) is 14.3 Å². The molecule has 2 rings (SSSR count). The Morgan fingerprint density at radius 1 is 1.53 bits per heavy atom. The number of halogens is 2. The van der Waals surface area contributed by atoms with Gasteiger partial charge in [0, 0.05) is 15.9 Å². The highest BCUT2D eigenvalue weighted by Crippen LogP contribution is 2.37. The van der Waals surface area contributed by atoms with E-state index in [9.17, 15) is 0 Å². The Labute approximate surface area is 124 Å². The molecule has 0 amide bonds. The number of hydrogen-bond donors (Lipinski definition) is 2. The molecule has 0 bridgehead atoms. The molecule has 2 unspecified atom stereocenters. The zero-order valence-corrected chi connectivity index (χ0v) is 13.9. The van der Waals surface area contributed by atoms with Gasteiger partial charge in [0.05, 0.1) is 9.83 Å². The quantitative estimate of drug-likeness (QED) is 0.783. The monoisotopic (exact) mass is 380 g/mol. The van der Waals surface area contributed by atoms with Gasteiger partial charge in [0.25, 0.3) is 0 Å². The molecule has 0 spiro atoms. The molecule has 96 valence electrons. The first-order chi connectivity index (χ1) is 8.11. The molecule has 17 heavy (non-hydrogen) atoms. The summed E-state index contributed by atoms with van der Waals surface area (Å²) >= 11 is 8.80. The minimum Gasteiger partial charge on any atom is -0.329 e. The van der Waals surface area contributed by atoms with Crippen molar-refractivity contribution >= 4 is 43.2 Å². The first-order valence-corrected chi connectivity index (χ1v) is 8.40. The number of rotatable bonds is 6. The second-order valence-corrected chi connectivity index (χ2v) is 8.04. The van der Waals surface area contributed by atoms with E-state index in [1.54, 1.807) is 11.3 Å². The van der Waals surface area contributed by atoms with Gasteiger partial charge in [-0.05, 0) is 69.1 Å². The van der Waals surface area contributed by atoms with E-state index >= 15 is 0 Å². The molecular weight excluding hydrogens is 364 g/mol. The van der Waals surface area contributed by atoms with E-state index in [4.69, 9.17) is 5.73 Å². The van der Waals surface area contributed by atoms with Crippen molar-refractivity contribution in [3.63, 3.8) is 0 Å². The lowest BCUT2D eigenvalue weighted by Crippen LogP contribution is -2.31. The van der Waals surface area contributed by atoms with Crippen LogP contribution in [0.25, 0.3) is 0 Å². The minimum atomic E-state index is 0.281. The van der Waals surface area contributed by atoms with E-state index in [0.717, 1.165) is 26.6 Å². The van der Waals surface area contributed by atoms with Crippen LogP contribution in [0, 0.1) is 11.8 Å². The molecule has 0 aliphatic heterocycles. The lowest BCUT2D eigenvalue weighted by molar-refractivity contribution is 0.425. The van der Waals surface area contributed by atoms with Crippen LogP contribution >= 0.6 is 43.2 Å². The van der Waals surface area contributed by atoms with Crippen molar-refractivity contribution in [2.75, 3.05) is 13.1 Å². The van der Waals surface area contributed by atoms with Crippen molar-refractivity contribution in [2.45, 2.75) is 25.8 Å². The third-order valence-electron chi connectivity index (χ3n) is 3.36. The van der Waals surface area contributed by atoms with Gasteiger partial charge in [0.2, 0.25) is 0 Å². The van der Waals surface area contributed by atoms with Gasteiger partial charge in [0.1, 0.15) is 0 Å². The summed E-state index contributed by atoms with van der Waals surface area (Å²) < 4.78 is 2.26. The van der Waals surface area contributed by atoms with Gasteiger partial charge < -0.3 is 11.1 Å². The first-order valence-electron chi connectivity index (χ1n) is 6.00. The molecule has 0 saturated heterocycles. The third kappa shape index (κ3) is 3.77. The molecular formula is C12H18Br2N2S. The molecule has 1 saturated carbocycles. The van der Waals surface area contributed by atoms with Crippen molar-refractivity contribution in [1.82, 2.24) is 5.32 Å². The molecule has 5 heteroatoms. The summed E-state index contributed by atoms with van der Waals surface area (Å²) in [7, 11) is 0. The molecule has 0 radical (unpaired) electrons. The van der Waals surface area contributed by atoms with Crippen LogP contribution in [-0.4, -0.2) is 13.1 Å². The van der Waals surface area contributed by atoms with Crippen molar-refractivity contribution < 1.29 is 0 Å². The molecule has 2 nitrogen and oxygen atoms in total. The van der Waals surface area contributed by atoms with Gasteiger partial charge in [-0.15, -0.1) is 11.3 Å². The Kier molecular flexibility index (Phi) is 5.06. The fraction of sp³-hybridized carbons (Fsp3) is 0.667. The average molecular weight is 382 g/mol. The zero-order valence-electron chi connectivity index (χ0n) is 9.88. The smallest absolute Gasteiger partial charge is 0.0843 e. The molecule has 1 heterocycles. The van der Waals surface area contributed by atoms with Crippen LogP contribution in [0.1, 0.15) is 30.7 Å². The van der Waals surface area contributed by atoms with E-state index < -0.39 is 0 Å². The fourth-order valence-corrected chi connectivity index (χ4v) is 4.17. The van der Waals surface area contributed by atoms with Gasteiger partial charge in [-0.25, -0.2) is 0 Å². The van der Waals surface area contributed by atoms with Crippen LogP contribution in [0.3, 0.4) is 0 Å². The van der Waals surface area contributed by atoms with Crippen molar-refractivity contribution in [3.8, 4) is 0 Å². The number of hydrogen-bond acceptors (Lipinski definition) is 3. The Morgan fingerprint density at radius 2 is 2.24 bits per heavy atom. The van der Waals surface area contributed by atoms with Crippen LogP contribution in [0.2, 0.25) is 0 Å². The highest BCUT2D eigenvalue weighted by Gasteiger charge is 2.28. The lowest BCUT2D eigenvalue weighted by Gasteiger charge is -2.18. The molecule has 3 N–H and O–H groups in total. The molecule has 2 atom stereocenters. The molecule has 1 fully saturated rings. The molecule has 1 aliphatic rings. The zero-order chi connectivity index (χ0) is 12.4. The Balaban J connectivity index is 1.91. The summed E-state index contributed by atoms with van der Waals surface area (Å²) in [6.45, 7) is 4.05. The second kappa shape index (κ2) is 6.15. The summed E-state index contributed by atoms with van der Waals surface area (Å²) in [5.41, 5.74) is 5.86. The maximum atomic E-state index is 5.86. The summed E-state index contributed by atoms with van der Waals surface area (Å²) in [6, 6.07) is 2.44. The van der Waals surface area contributed by atoms with Crippen molar-refractivity contribution in [2.24, 2.45) is 17.6 Å². The van der Waals surface area contributed by atoms with Crippen LogP contribution < -0.4 is 11.1 Å². The SMILES string of the molecule is CC(CNC(CN)c1cc(Br)c(Br)s1)C1CC1. The Hall–Kier alpha value is 0.580. The van der Waals surface area contributed by atoms with E-state index in [1.165, 1.54) is 17.7 Å². The molecule has 1 aromatic heterocycles. The Morgan fingerprint density at radius 3 is 2.71 bits per heavy atom. The highest BCUT2D eigenvalue weighted by atomic mass is 79.9. The van der Waals surface area contributed by atoms with Crippen molar-refractivity contribution in [3.05, 3.63) is 19.2 Å². The lowest BCUT2D eigenvalue weighted by atomic mass is 10.1. The van der Waals surface area contributed by atoms with Gasteiger partial charge >= 0.3 is 0 Å². The predicted molar refractivity (Wildman–Crippen MR) is 81.4 cm³/mol. The van der Waals surface area contributed by atoms with E-state index in [2.05, 4.69) is 50.2 Å². The first kappa shape index (κ1) is 14.0. The minimum absolute atomic E-state index is 0.281. The van der Waals surface area contributed by atoms with Crippen LogP contribution in [-0.2, 0) is 0 Å². The number of nitrogens with one attached hydrogen (secondary N) is 1. The molecule has 1 aromatic rings. The largest absolute Gasteiger partial charge is 0.329 e. The van der Waals surface area contributed by atoms with Gasteiger partial charge in [-0.1, -0.05) is 6.92 Å². The molecule has 1 aliphatic carbocycles. The summed E-state index contributed by atoms with van der Waals surface area (Å²) in [6.07, 6.45) is 2.82. The third-order valence-corrected chi connectivity index (χ3v) is 6.73. The number of nitrogens with two attached hydrogens (primary N) is 1. The maximum absolute atomic E-state index is 5.86. The van der Waals surface area contributed by atoms with Gasteiger partial charge in [-0.2, -0.15) is 0 Å². The van der Waals surface area contributed by atoms with Crippen molar-refractivity contribution in [1.29, 1.82) is 0 Å². The maximum Gasteiger partial charge on any atom is 0.0843 e. The standard InChI is InChI=1S/C12H18Br2N2S/c1-7(8-2-3-8)6-16-10(5-15)11-4-9(13)12(14)17-11/h4,7-8,10,16H,2-3,5-6,15H2,1H3. The van der Waals surface area contributed by atoms with Crippen LogP contribution in [0.5, 0.6) is 0 Å². The van der Waals surface area contributed by atoms with Crippen LogP contribution in [0.4, 0.5) is 0 Å². The average Bonchev–Trinajstić information content (AvgIpc) is 3.08. The summed E-state index contributed by atoms with van der Waals surface area (Å²) in [5, 5.41) is 3.59. The predicted octanol–water partition coefficient (Wildman–Crippen LogP) is 3.91. The molecule has 0 aromatic carbocycles. The number of thiophene rings is 1. The summed E-state index contributed by atoms with van der Waals surface area (Å²) in [4.78, 5) is 1.30. The normalized spacial score (nSPS) is 19.3. The van der Waals surface area contributed by atoms with E-state index in [1.807, 2.05) is 0 Å². The topological polar surface area (TPSA) is 38.0 Å². The fourth-order valence-electron chi connectivity index (χ4n) is 2.00. The second-order valence-electron chi connectivity index (χ2n) is 4.78. The van der Waals surface area contributed by atoms with E-state index in [-0.39, 0.29) is 6.04 Å². The van der Waals surface area contributed by atoms with E-state index in [0.29, 0.717) is 6.54 Å².